The molecule has 0 radical (unpaired) electrons. The average molecular weight is 392 g/mol. The lowest BCUT2D eigenvalue weighted by atomic mass is 9.96. The van der Waals surface area contributed by atoms with Crippen LogP contribution in [0.4, 0.5) is 4.79 Å². The number of likely N-dealkylation sites (tertiary alicyclic amines) is 1. The molecule has 0 unspecified atom stereocenters. The van der Waals surface area contributed by atoms with Crippen LogP contribution >= 0.6 is 15.9 Å². The number of piperidine rings is 1. The first-order chi connectivity index (χ1) is 11.5. The molecule has 0 aliphatic carbocycles. The minimum atomic E-state index is -0.906. The van der Waals surface area contributed by atoms with Crippen LogP contribution in [0.15, 0.2) is 31.9 Å². The third-order valence-corrected chi connectivity index (χ3v) is 4.95. The van der Waals surface area contributed by atoms with Crippen LogP contribution < -0.4 is 5.56 Å². The largest absolute Gasteiger partial charge is 0.465 e. The molecule has 1 aromatic carbocycles. The van der Waals surface area contributed by atoms with Gasteiger partial charge in [0, 0.05) is 28.9 Å². The molecule has 8 heteroatoms. The molecule has 1 saturated heterocycles. The SMILES string of the molecule is O=C(O)N1CCC(c2nc3c(oc4ccc(Br)cc43)c(=O)[nH]2)CC1. The van der Waals surface area contributed by atoms with Crippen LogP contribution in [0.1, 0.15) is 24.6 Å². The fourth-order valence-electron chi connectivity index (χ4n) is 3.18. The van der Waals surface area contributed by atoms with Crippen molar-refractivity contribution < 1.29 is 14.3 Å². The highest BCUT2D eigenvalue weighted by Gasteiger charge is 2.26. The number of nitrogens with one attached hydrogen (secondary N) is 1. The Morgan fingerprint density at radius 1 is 1.38 bits per heavy atom. The summed E-state index contributed by atoms with van der Waals surface area (Å²) >= 11 is 3.42. The first kappa shape index (κ1) is 15.2. The number of H-pyrrole nitrogens is 1. The second-order valence-corrected chi connectivity index (χ2v) is 6.83. The Bertz CT molecular complexity index is 1000. The van der Waals surface area contributed by atoms with E-state index in [0.29, 0.717) is 42.9 Å². The Balaban J connectivity index is 1.77. The molecule has 0 saturated carbocycles. The smallest absolute Gasteiger partial charge is 0.407 e. The molecule has 1 amide bonds. The molecular weight excluding hydrogens is 378 g/mol. The Hall–Kier alpha value is -2.35. The first-order valence-corrected chi connectivity index (χ1v) is 8.42. The van der Waals surface area contributed by atoms with Crippen molar-refractivity contribution >= 4 is 44.1 Å². The quantitative estimate of drug-likeness (QED) is 0.662. The maximum atomic E-state index is 12.4. The van der Waals surface area contributed by atoms with E-state index in [2.05, 4.69) is 25.9 Å². The summed E-state index contributed by atoms with van der Waals surface area (Å²) in [6.45, 7) is 0.888. The van der Waals surface area contributed by atoms with Crippen LogP contribution in [0.2, 0.25) is 0 Å². The van der Waals surface area contributed by atoms with Crippen molar-refractivity contribution in [3.63, 3.8) is 0 Å². The molecule has 3 heterocycles. The fraction of sp³-hybridized carbons (Fsp3) is 0.312. The van der Waals surface area contributed by atoms with E-state index in [9.17, 15) is 9.59 Å². The Morgan fingerprint density at radius 3 is 2.83 bits per heavy atom. The maximum absolute atomic E-state index is 12.4. The minimum Gasteiger partial charge on any atom is -0.465 e. The van der Waals surface area contributed by atoms with Crippen LogP contribution in [0.3, 0.4) is 0 Å². The van der Waals surface area contributed by atoms with Crippen molar-refractivity contribution in [1.29, 1.82) is 0 Å². The van der Waals surface area contributed by atoms with Crippen LogP contribution in [0.5, 0.6) is 0 Å². The molecule has 2 aromatic heterocycles. The number of amides is 1. The third kappa shape index (κ3) is 2.47. The summed E-state index contributed by atoms with van der Waals surface area (Å²) in [4.78, 5) is 32.2. The van der Waals surface area contributed by atoms with E-state index in [4.69, 9.17) is 9.52 Å². The van der Waals surface area contributed by atoms with Gasteiger partial charge in [-0.25, -0.2) is 9.78 Å². The standard InChI is InChI=1S/C16H14BrN3O4/c17-9-1-2-11-10(7-9)12-13(24-11)15(21)19-14(18-12)8-3-5-20(6-4-8)16(22)23/h1-2,7-8H,3-6H2,(H,22,23)(H,18,19,21). The van der Waals surface area contributed by atoms with Crippen LogP contribution in [-0.2, 0) is 0 Å². The second kappa shape index (κ2) is 5.62. The van der Waals surface area contributed by atoms with Gasteiger partial charge in [-0.1, -0.05) is 15.9 Å². The van der Waals surface area contributed by atoms with E-state index >= 15 is 0 Å². The van der Waals surface area contributed by atoms with Gasteiger partial charge in [-0.3, -0.25) is 4.79 Å². The fourth-order valence-corrected chi connectivity index (χ4v) is 3.54. The van der Waals surface area contributed by atoms with Crippen molar-refractivity contribution in [3.05, 3.63) is 38.9 Å². The van der Waals surface area contributed by atoms with Gasteiger partial charge in [0.25, 0.3) is 5.56 Å². The number of halogens is 1. The molecule has 1 fully saturated rings. The molecule has 3 aromatic rings. The summed E-state index contributed by atoms with van der Waals surface area (Å²) in [6, 6.07) is 5.53. The van der Waals surface area contributed by atoms with Crippen LogP contribution in [0, 0.1) is 0 Å². The molecule has 7 nitrogen and oxygen atoms in total. The molecular formula is C16H14BrN3O4. The number of hydrogen-bond donors (Lipinski definition) is 2. The number of nitrogens with zero attached hydrogens (tertiary/aromatic N) is 2. The van der Waals surface area contributed by atoms with Crippen molar-refractivity contribution in [3.8, 4) is 0 Å². The van der Waals surface area contributed by atoms with Crippen LogP contribution in [-0.4, -0.2) is 39.2 Å². The molecule has 0 bridgehead atoms. The number of aromatic nitrogens is 2. The van der Waals surface area contributed by atoms with E-state index < -0.39 is 6.09 Å². The van der Waals surface area contributed by atoms with Gasteiger partial charge in [-0.15, -0.1) is 0 Å². The highest BCUT2D eigenvalue weighted by atomic mass is 79.9. The van der Waals surface area contributed by atoms with Crippen molar-refractivity contribution in [2.45, 2.75) is 18.8 Å². The normalized spacial score (nSPS) is 16.1. The molecule has 1 aliphatic rings. The Labute approximate surface area is 144 Å². The molecule has 2 N–H and O–H groups in total. The highest BCUT2D eigenvalue weighted by Crippen LogP contribution is 2.30. The van der Waals surface area contributed by atoms with E-state index in [1.165, 1.54) is 4.90 Å². The topological polar surface area (TPSA) is 99.4 Å². The van der Waals surface area contributed by atoms with E-state index in [-0.39, 0.29) is 17.1 Å². The number of rotatable bonds is 1. The molecule has 0 atom stereocenters. The summed E-state index contributed by atoms with van der Waals surface area (Å²) in [5, 5.41) is 9.82. The Morgan fingerprint density at radius 2 is 2.12 bits per heavy atom. The summed E-state index contributed by atoms with van der Waals surface area (Å²) in [5.74, 6) is 0.634. The lowest BCUT2D eigenvalue weighted by molar-refractivity contribution is 0.131. The number of furan rings is 1. The van der Waals surface area contributed by atoms with Gasteiger partial charge < -0.3 is 19.4 Å². The third-order valence-electron chi connectivity index (χ3n) is 4.46. The van der Waals surface area contributed by atoms with Crippen molar-refractivity contribution in [1.82, 2.24) is 14.9 Å². The zero-order valence-electron chi connectivity index (χ0n) is 12.6. The predicted octanol–water partition coefficient (Wildman–Crippen LogP) is 3.29. The Kier molecular flexibility index (Phi) is 3.56. The highest BCUT2D eigenvalue weighted by molar-refractivity contribution is 9.10. The van der Waals surface area contributed by atoms with Gasteiger partial charge >= 0.3 is 6.09 Å². The van der Waals surface area contributed by atoms with E-state index in [1.807, 2.05) is 12.1 Å². The number of fused-ring (bicyclic) bond motifs is 3. The van der Waals surface area contributed by atoms with Gasteiger partial charge in [-0.05, 0) is 31.0 Å². The summed E-state index contributed by atoms with van der Waals surface area (Å²) in [7, 11) is 0. The molecule has 0 spiro atoms. The van der Waals surface area contributed by atoms with Crippen molar-refractivity contribution in [2.75, 3.05) is 13.1 Å². The lowest BCUT2D eigenvalue weighted by Gasteiger charge is -2.29. The van der Waals surface area contributed by atoms with Gasteiger partial charge in [0.1, 0.15) is 16.9 Å². The van der Waals surface area contributed by atoms with Gasteiger partial charge in [-0.2, -0.15) is 0 Å². The zero-order chi connectivity index (χ0) is 16.8. The second-order valence-electron chi connectivity index (χ2n) is 5.92. The predicted molar refractivity (Wildman–Crippen MR) is 91.4 cm³/mol. The van der Waals surface area contributed by atoms with Crippen LogP contribution in [0.25, 0.3) is 22.1 Å². The monoisotopic (exact) mass is 391 g/mol. The van der Waals surface area contributed by atoms with Gasteiger partial charge in [0.15, 0.2) is 0 Å². The lowest BCUT2D eigenvalue weighted by Crippen LogP contribution is -2.37. The zero-order valence-corrected chi connectivity index (χ0v) is 14.2. The molecule has 124 valence electrons. The number of hydrogen-bond acceptors (Lipinski definition) is 4. The molecule has 1 aliphatic heterocycles. The maximum Gasteiger partial charge on any atom is 0.407 e. The van der Waals surface area contributed by atoms with E-state index in [0.717, 1.165) is 9.86 Å². The molecule has 24 heavy (non-hydrogen) atoms. The average Bonchev–Trinajstić information content (AvgIpc) is 2.93. The van der Waals surface area contributed by atoms with Gasteiger partial charge in [0.05, 0.1) is 0 Å². The van der Waals surface area contributed by atoms with E-state index in [1.54, 1.807) is 6.07 Å². The van der Waals surface area contributed by atoms with Crippen molar-refractivity contribution in [2.24, 2.45) is 0 Å². The number of carbonyl (C=O) groups is 1. The molecule has 4 rings (SSSR count). The summed E-state index contributed by atoms with van der Waals surface area (Å²) in [6.07, 6.45) is 0.372. The number of benzene rings is 1. The van der Waals surface area contributed by atoms with Gasteiger partial charge in [0.2, 0.25) is 5.58 Å². The number of carboxylic acid groups (broad SMARTS) is 1. The minimum absolute atomic E-state index is 0.0369. The first-order valence-electron chi connectivity index (χ1n) is 7.63. The number of aromatic amines is 1. The summed E-state index contributed by atoms with van der Waals surface area (Å²) in [5.41, 5.74) is 1.08. The summed E-state index contributed by atoms with van der Waals surface area (Å²) < 4.78 is 6.50.